The van der Waals surface area contributed by atoms with Crippen LogP contribution in [-0.2, 0) is 7.05 Å². The summed E-state index contributed by atoms with van der Waals surface area (Å²) in [7, 11) is 3.25. The van der Waals surface area contributed by atoms with Gasteiger partial charge >= 0.3 is 5.69 Å². The van der Waals surface area contributed by atoms with Gasteiger partial charge in [-0.05, 0) is 0 Å². The fraction of sp³-hybridized carbons (Fsp3) is 0.444. The molecule has 8 nitrogen and oxygen atoms in total. The molecule has 0 radical (unpaired) electrons. The number of aromatic nitrogens is 4. The minimum absolute atomic E-state index is 0.0250. The molecular formula is C9H13N5O3. The number of imidazole rings is 1. The van der Waals surface area contributed by atoms with Crippen LogP contribution in [0.5, 0.6) is 0 Å². The van der Waals surface area contributed by atoms with Gasteiger partial charge in [0.15, 0.2) is 11.2 Å². The van der Waals surface area contributed by atoms with Gasteiger partial charge in [0.2, 0.25) is 5.95 Å². The minimum Gasteiger partial charge on any atom is -0.395 e. The third-order valence-corrected chi connectivity index (χ3v) is 2.54. The number of hydrogen-bond donors (Lipinski definition) is 3. The van der Waals surface area contributed by atoms with E-state index in [-0.39, 0.29) is 12.1 Å². The molecule has 92 valence electrons. The first-order valence-corrected chi connectivity index (χ1v) is 5.05. The van der Waals surface area contributed by atoms with Gasteiger partial charge in [-0.1, -0.05) is 0 Å². The first-order valence-electron chi connectivity index (χ1n) is 5.05. The van der Waals surface area contributed by atoms with Crippen LogP contribution in [0.25, 0.3) is 11.2 Å². The number of aliphatic hydroxyl groups is 1. The number of H-pyrrole nitrogens is 2. The molecule has 2 aromatic rings. The normalized spacial score (nSPS) is 11.0. The molecule has 0 amide bonds. The molecule has 0 aliphatic carbocycles. The van der Waals surface area contributed by atoms with Crippen LogP contribution < -0.4 is 16.1 Å². The van der Waals surface area contributed by atoms with Crippen molar-refractivity contribution in [2.75, 3.05) is 25.1 Å². The number of hydrogen-bond acceptors (Lipinski definition) is 5. The van der Waals surface area contributed by atoms with Crippen LogP contribution in [0, 0.1) is 0 Å². The van der Waals surface area contributed by atoms with Crippen molar-refractivity contribution in [3.8, 4) is 0 Å². The quantitative estimate of drug-likeness (QED) is 0.596. The Hall–Kier alpha value is -2.09. The lowest BCUT2D eigenvalue weighted by molar-refractivity contribution is 0.303. The third-order valence-electron chi connectivity index (χ3n) is 2.54. The Morgan fingerprint density at radius 2 is 2.12 bits per heavy atom. The lowest BCUT2D eigenvalue weighted by Crippen LogP contribution is -2.28. The largest absolute Gasteiger partial charge is 0.395 e. The Morgan fingerprint density at radius 1 is 1.41 bits per heavy atom. The van der Waals surface area contributed by atoms with E-state index >= 15 is 0 Å². The average Bonchev–Trinajstić information content (AvgIpc) is 2.72. The van der Waals surface area contributed by atoms with Gasteiger partial charge in [0, 0.05) is 20.6 Å². The van der Waals surface area contributed by atoms with Crippen LogP contribution in [0.15, 0.2) is 9.59 Å². The SMILES string of the molecule is CN(CCO)c1nc2c([nH]1)c(=O)[nH]c(=O)n2C. The van der Waals surface area contributed by atoms with E-state index < -0.39 is 11.2 Å². The number of anilines is 1. The van der Waals surface area contributed by atoms with E-state index in [2.05, 4.69) is 15.0 Å². The number of likely N-dealkylation sites (N-methyl/N-ethyl adjacent to an activating group) is 1. The number of rotatable bonds is 3. The maximum Gasteiger partial charge on any atom is 0.329 e. The molecular weight excluding hydrogens is 226 g/mol. The predicted octanol–water partition coefficient (Wildman–Crippen LogP) is -1.62. The molecule has 0 spiro atoms. The Morgan fingerprint density at radius 3 is 2.76 bits per heavy atom. The average molecular weight is 239 g/mol. The summed E-state index contributed by atoms with van der Waals surface area (Å²) in [6.07, 6.45) is 0. The molecule has 17 heavy (non-hydrogen) atoms. The Kier molecular flexibility index (Phi) is 2.72. The highest BCUT2D eigenvalue weighted by Gasteiger charge is 2.12. The molecule has 0 bridgehead atoms. The minimum atomic E-state index is -0.509. The van der Waals surface area contributed by atoms with Gasteiger partial charge in [-0.15, -0.1) is 0 Å². The van der Waals surface area contributed by atoms with Gasteiger partial charge < -0.3 is 15.0 Å². The summed E-state index contributed by atoms with van der Waals surface area (Å²) in [4.78, 5) is 33.7. The van der Waals surface area contributed by atoms with Gasteiger partial charge in [-0.3, -0.25) is 14.3 Å². The molecule has 0 saturated heterocycles. The van der Waals surface area contributed by atoms with Crippen molar-refractivity contribution in [2.24, 2.45) is 7.05 Å². The Labute approximate surface area is 95.5 Å². The van der Waals surface area contributed by atoms with Gasteiger partial charge in [0.25, 0.3) is 5.56 Å². The second-order valence-corrected chi connectivity index (χ2v) is 3.72. The zero-order chi connectivity index (χ0) is 12.6. The van der Waals surface area contributed by atoms with E-state index in [0.717, 1.165) is 0 Å². The number of nitrogens with zero attached hydrogens (tertiary/aromatic N) is 3. The molecule has 0 atom stereocenters. The smallest absolute Gasteiger partial charge is 0.329 e. The second kappa shape index (κ2) is 4.06. The summed E-state index contributed by atoms with van der Waals surface area (Å²) in [5.74, 6) is 0.431. The molecule has 2 aromatic heterocycles. The van der Waals surface area contributed by atoms with Crippen LogP contribution in [0.1, 0.15) is 0 Å². The molecule has 0 saturated carbocycles. The van der Waals surface area contributed by atoms with Crippen LogP contribution >= 0.6 is 0 Å². The van der Waals surface area contributed by atoms with Gasteiger partial charge in [0.1, 0.15) is 0 Å². The van der Waals surface area contributed by atoms with Crippen molar-refractivity contribution < 1.29 is 5.11 Å². The predicted molar refractivity (Wildman–Crippen MR) is 62.3 cm³/mol. The van der Waals surface area contributed by atoms with Gasteiger partial charge in [-0.2, -0.15) is 4.98 Å². The molecule has 8 heteroatoms. The fourth-order valence-electron chi connectivity index (χ4n) is 1.53. The molecule has 0 aromatic carbocycles. The Balaban J connectivity index is 2.65. The van der Waals surface area contributed by atoms with Crippen molar-refractivity contribution in [2.45, 2.75) is 0 Å². The maximum absolute atomic E-state index is 11.5. The van der Waals surface area contributed by atoms with Crippen molar-refractivity contribution in [3.05, 3.63) is 20.8 Å². The zero-order valence-corrected chi connectivity index (χ0v) is 9.52. The van der Waals surface area contributed by atoms with E-state index in [4.69, 9.17) is 5.11 Å². The van der Waals surface area contributed by atoms with E-state index in [0.29, 0.717) is 18.1 Å². The Bertz CT molecular complexity index is 653. The third kappa shape index (κ3) is 1.82. The topological polar surface area (TPSA) is 107 Å². The number of aromatic amines is 2. The van der Waals surface area contributed by atoms with Crippen LogP contribution in [0.2, 0.25) is 0 Å². The van der Waals surface area contributed by atoms with E-state index in [1.807, 2.05) is 0 Å². The highest BCUT2D eigenvalue weighted by atomic mass is 16.3. The summed E-state index contributed by atoms with van der Waals surface area (Å²) in [5, 5.41) is 8.82. The van der Waals surface area contributed by atoms with Crippen LogP contribution in [0.4, 0.5) is 5.95 Å². The maximum atomic E-state index is 11.5. The number of fused-ring (bicyclic) bond motifs is 1. The first kappa shape index (κ1) is 11.4. The lowest BCUT2D eigenvalue weighted by Gasteiger charge is -2.12. The highest BCUT2D eigenvalue weighted by molar-refractivity contribution is 5.72. The summed E-state index contributed by atoms with van der Waals surface area (Å²) in [6, 6.07) is 0. The van der Waals surface area contributed by atoms with E-state index in [1.54, 1.807) is 11.9 Å². The van der Waals surface area contributed by atoms with Gasteiger partial charge in [0.05, 0.1) is 6.61 Å². The summed E-state index contributed by atoms with van der Waals surface area (Å²) in [6.45, 7) is 0.356. The monoisotopic (exact) mass is 239 g/mol. The molecule has 2 rings (SSSR count). The summed E-state index contributed by atoms with van der Waals surface area (Å²) in [5.41, 5.74) is -0.477. The number of aryl methyl sites for hydroxylation is 1. The lowest BCUT2D eigenvalue weighted by atomic mass is 10.5. The van der Waals surface area contributed by atoms with E-state index in [1.165, 1.54) is 11.6 Å². The number of aliphatic hydroxyl groups excluding tert-OH is 1. The summed E-state index contributed by atoms with van der Waals surface area (Å²) >= 11 is 0. The molecule has 0 fully saturated rings. The zero-order valence-electron chi connectivity index (χ0n) is 9.52. The van der Waals surface area contributed by atoms with E-state index in [9.17, 15) is 9.59 Å². The molecule has 0 aliphatic heterocycles. The standard InChI is InChI=1S/C9H13N5O3/c1-13(3-4-15)8-10-5-6(11-8)14(2)9(17)12-7(5)16/h15H,3-4H2,1-2H3,(H,10,11)(H,12,16,17). The van der Waals surface area contributed by atoms with Crippen molar-refractivity contribution in [3.63, 3.8) is 0 Å². The first-order chi connectivity index (χ1) is 8.04. The van der Waals surface area contributed by atoms with Crippen LogP contribution in [-0.4, -0.2) is 44.8 Å². The van der Waals surface area contributed by atoms with Crippen molar-refractivity contribution in [1.82, 2.24) is 19.5 Å². The second-order valence-electron chi connectivity index (χ2n) is 3.72. The van der Waals surface area contributed by atoms with Gasteiger partial charge in [-0.25, -0.2) is 4.79 Å². The fourth-order valence-corrected chi connectivity index (χ4v) is 1.53. The summed E-state index contributed by atoms with van der Waals surface area (Å²) < 4.78 is 1.25. The van der Waals surface area contributed by atoms with Crippen LogP contribution in [0.3, 0.4) is 0 Å². The van der Waals surface area contributed by atoms with Crippen molar-refractivity contribution >= 4 is 17.1 Å². The molecule has 2 heterocycles. The van der Waals surface area contributed by atoms with Crippen molar-refractivity contribution in [1.29, 1.82) is 0 Å². The number of nitrogens with one attached hydrogen (secondary N) is 2. The highest BCUT2D eigenvalue weighted by Crippen LogP contribution is 2.10. The molecule has 0 aliphatic rings. The molecule has 3 N–H and O–H groups in total. The molecule has 0 unspecified atom stereocenters.